The number of fused-ring (bicyclic) bond motifs is 2. The highest BCUT2D eigenvalue weighted by Gasteiger charge is 2.36. The summed E-state index contributed by atoms with van der Waals surface area (Å²) in [7, 11) is 3.97. The van der Waals surface area contributed by atoms with Crippen LogP contribution in [0.15, 0.2) is 54.7 Å². The van der Waals surface area contributed by atoms with Gasteiger partial charge in [0, 0.05) is 60.9 Å². The Labute approximate surface area is 271 Å². The smallest absolute Gasteiger partial charge is 0.297 e. The minimum atomic E-state index is -0.810. The molecular formula is C34H48N8O4. The number of benzene rings is 2. The van der Waals surface area contributed by atoms with Gasteiger partial charge >= 0.3 is 0 Å². The van der Waals surface area contributed by atoms with Crippen molar-refractivity contribution in [3.8, 4) is 0 Å². The number of aromatic amines is 1. The number of H-pyrrole nitrogens is 1. The molecule has 3 aromatic rings. The number of rotatable bonds is 9. The molecule has 1 aliphatic heterocycles. The number of aldehydes is 1. The quantitative estimate of drug-likeness (QED) is 0.0687. The second kappa shape index (κ2) is 17.4. The molecule has 0 bridgehead atoms. The van der Waals surface area contributed by atoms with E-state index in [-0.39, 0.29) is 30.1 Å². The molecule has 2 heterocycles. The molecule has 0 unspecified atom stereocenters. The number of carbonyl (C=O) groups is 4. The van der Waals surface area contributed by atoms with Crippen LogP contribution in [0.3, 0.4) is 0 Å². The SMILES string of the molecule is CCN(CC)C(=O)[C@@H]1C=C2c3cccc4[nH]cc(c34)C[C@H]2N(C)C1.CNNCc1ccc(C(=O)NC(C)C)cc1.NNC(=O)C=O. The van der Waals surface area contributed by atoms with Crippen molar-refractivity contribution >= 4 is 40.5 Å². The summed E-state index contributed by atoms with van der Waals surface area (Å²) in [6.07, 6.45) is 5.51. The fraction of sp³-hybridized carbons (Fsp3) is 0.412. The zero-order chi connectivity index (χ0) is 33.8. The van der Waals surface area contributed by atoms with E-state index in [0.717, 1.165) is 38.2 Å². The van der Waals surface area contributed by atoms with Crippen molar-refractivity contribution in [3.05, 3.63) is 77.0 Å². The zero-order valence-corrected chi connectivity index (χ0v) is 27.6. The van der Waals surface area contributed by atoms with Gasteiger partial charge in [-0.1, -0.05) is 30.3 Å². The molecule has 0 saturated heterocycles. The molecule has 12 heteroatoms. The average Bonchev–Trinajstić information content (AvgIpc) is 3.48. The average molecular weight is 633 g/mol. The Kier molecular flexibility index (Phi) is 13.6. The van der Waals surface area contributed by atoms with Crippen molar-refractivity contribution in [1.82, 2.24) is 36.4 Å². The summed E-state index contributed by atoms with van der Waals surface area (Å²) in [6, 6.07) is 14.5. The van der Waals surface area contributed by atoms with E-state index in [2.05, 4.69) is 83.3 Å². The van der Waals surface area contributed by atoms with Gasteiger partial charge in [-0.15, -0.1) is 0 Å². The second-order valence-corrected chi connectivity index (χ2v) is 11.5. The van der Waals surface area contributed by atoms with Crippen LogP contribution in [-0.4, -0.2) is 84.6 Å². The number of nitrogens with zero attached hydrogens (tertiary/aromatic N) is 2. The Morgan fingerprint density at radius 1 is 1.11 bits per heavy atom. The monoisotopic (exact) mass is 632 g/mol. The molecular weight excluding hydrogens is 584 g/mol. The first-order valence-corrected chi connectivity index (χ1v) is 15.6. The molecule has 2 aromatic carbocycles. The molecule has 0 spiro atoms. The van der Waals surface area contributed by atoms with Gasteiger partial charge in [-0.25, -0.2) is 5.84 Å². The lowest BCUT2D eigenvalue weighted by molar-refractivity contribution is -0.134. The van der Waals surface area contributed by atoms with Crippen LogP contribution < -0.4 is 27.4 Å². The first-order chi connectivity index (χ1) is 22.1. The van der Waals surface area contributed by atoms with Gasteiger partial charge in [0.2, 0.25) is 12.2 Å². The Morgan fingerprint density at radius 3 is 2.37 bits per heavy atom. The predicted molar refractivity (Wildman–Crippen MR) is 181 cm³/mol. The summed E-state index contributed by atoms with van der Waals surface area (Å²) in [6.45, 7) is 11.1. The minimum absolute atomic E-state index is 0.0249. The van der Waals surface area contributed by atoms with Crippen molar-refractivity contribution in [2.75, 3.05) is 33.7 Å². The fourth-order valence-corrected chi connectivity index (χ4v) is 5.72. The van der Waals surface area contributed by atoms with Crippen LogP contribution in [-0.2, 0) is 27.3 Å². The molecule has 1 aromatic heterocycles. The largest absolute Gasteiger partial charge is 0.361 e. The number of amides is 3. The van der Waals surface area contributed by atoms with E-state index in [4.69, 9.17) is 0 Å². The van der Waals surface area contributed by atoms with Crippen LogP contribution in [0.1, 0.15) is 54.7 Å². The molecule has 248 valence electrons. The Morgan fingerprint density at radius 2 is 1.80 bits per heavy atom. The maximum Gasteiger partial charge on any atom is 0.297 e. The third-order valence-electron chi connectivity index (χ3n) is 8.02. The van der Waals surface area contributed by atoms with Gasteiger partial charge in [0.1, 0.15) is 0 Å². The molecule has 0 fully saturated rings. The van der Waals surface area contributed by atoms with Gasteiger partial charge in [-0.3, -0.25) is 40.4 Å². The highest BCUT2D eigenvalue weighted by Crippen LogP contribution is 2.40. The van der Waals surface area contributed by atoms with Gasteiger partial charge in [0.25, 0.3) is 11.8 Å². The van der Waals surface area contributed by atoms with Gasteiger partial charge in [-0.2, -0.15) is 0 Å². The molecule has 12 nitrogen and oxygen atoms in total. The lowest BCUT2D eigenvalue weighted by atomic mass is 9.79. The molecule has 7 N–H and O–H groups in total. The topological polar surface area (TPSA) is 165 Å². The first-order valence-electron chi connectivity index (χ1n) is 15.6. The summed E-state index contributed by atoms with van der Waals surface area (Å²) >= 11 is 0. The molecule has 2 aliphatic rings. The number of hydrogen-bond donors (Lipinski definition) is 6. The van der Waals surface area contributed by atoms with E-state index >= 15 is 0 Å². The Bertz CT molecular complexity index is 1510. The second-order valence-electron chi connectivity index (χ2n) is 11.5. The zero-order valence-electron chi connectivity index (χ0n) is 27.6. The van der Waals surface area contributed by atoms with Gasteiger partial charge in [0.15, 0.2) is 0 Å². The third-order valence-corrected chi connectivity index (χ3v) is 8.02. The van der Waals surface area contributed by atoms with Crippen LogP contribution in [0.25, 0.3) is 16.5 Å². The van der Waals surface area contributed by atoms with Crippen LogP contribution in [0, 0.1) is 5.92 Å². The molecule has 3 amide bonds. The summed E-state index contributed by atoms with van der Waals surface area (Å²) in [5.74, 6) is 3.83. The van der Waals surface area contributed by atoms with E-state index in [0.29, 0.717) is 11.6 Å². The predicted octanol–water partition coefficient (Wildman–Crippen LogP) is 2.13. The number of nitrogens with one attached hydrogen (secondary N) is 5. The highest BCUT2D eigenvalue weighted by molar-refractivity contribution is 6.23. The van der Waals surface area contributed by atoms with Crippen molar-refractivity contribution in [1.29, 1.82) is 0 Å². The van der Waals surface area contributed by atoms with E-state index in [9.17, 15) is 19.2 Å². The summed E-state index contributed by atoms with van der Waals surface area (Å²) in [5.41, 5.74) is 14.5. The number of hydrazine groups is 2. The van der Waals surface area contributed by atoms with Crippen LogP contribution in [0.4, 0.5) is 0 Å². The Hall–Kier alpha value is -4.36. The van der Waals surface area contributed by atoms with Crippen molar-refractivity contribution in [2.24, 2.45) is 11.8 Å². The molecule has 1 aliphatic carbocycles. The fourth-order valence-electron chi connectivity index (χ4n) is 5.72. The van der Waals surface area contributed by atoms with E-state index in [1.165, 1.54) is 27.6 Å². The highest BCUT2D eigenvalue weighted by atomic mass is 16.2. The maximum atomic E-state index is 12.9. The van der Waals surface area contributed by atoms with E-state index in [1.807, 2.05) is 50.1 Å². The third kappa shape index (κ3) is 9.10. The van der Waals surface area contributed by atoms with Gasteiger partial charge in [0.05, 0.1) is 5.92 Å². The number of carbonyl (C=O) groups excluding carboxylic acids is 4. The number of likely N-dealkylation sites (N-methyl/N-ethyl adjacent to an activating group) is 1. The maximum absolute atomic E-state index is 12.9. The molecule has 2 atom stereocenters. The molecule has 0 saturated carbocycles. The minimum Gasteiger partial charge on any atom is -0.361 e. The molecule has 46 heavy (non-hydrogen) atoms. The van der Waals surface area contributed by atoms with E-state index < -0.39 is 5.91 Å². The first kappa shape index (κ1) is 36.1. The normalized spacial score (nSPS) is 16.6. The van der Waals surface area contributed by atoms with E-state index in [1.54, 1.807) is 5.43 Å². The van der Waals surface area contributed by atoms with Crippen molar-refractivity contribution in [3.63, 3.8) is 0 Å². The van der Waals surface area contributed by atoms with Crippen LogP contribution in [0.2, 0.25) is 0 Å². The van der Waals surface area contributed by atoms with Gasteiger partial charge in [-0.05, 0) is 88.7 Å². The summed E-state index contributed by atoms with van der Waals surface area (Å²) < 4.78 is 0. The summed E-state index contributed by atoms with van der Waals surface area (Å²) in [5, 5.41) is 4.19. The molecule has 0 radical (unpaired) electrons. The van der Waals surface area contributed by atoms with Gasteiger partial charge < -0.3 is 15.2 Å². The van der Waals surface area contributed by atoms with Crippen LogP contribution >= 0.6 is 0 Å². The Balaban J connectivity index is 0.000000226. The van der Waals surface area contributed by atoms with Crippen molar-refractivity contribution < 1.29 is 19.2 Å². The lowest BCUT2D eigenvalue weighted by Gasteiger charge is -2.40. The summed E-state index contributed by atoms with van der Waals surface area (Å²) in [4.78, 5) is 51.0. The standard InChI is InChI=1S/C20H25N3O.C12H19N3O.C2H4N2O2/c1-4-23(5-2)20(24)14-9-16-15-7-6-8-17-19(15)13(11-21-17)10-18(16)22(3)12-14;1-9(2)15-12(16)11-6-4-10(5-7-11)8-14-13-3;3-4-2(6)1-5/h6-9,11,14,18,21H,4-5,10,12H2,1-3H3;4-7,9,13-14H,8H2,1-3H3,(H,15,16);1H,3H2,(H,4,6)/t14-,18-;;/m1../s1. The lowest BCUT2D eigenvalue weighted by Crippen LogP contribution is -2.47. The number of hydrogen-bond acceptors (Lipinski definition) is 8. The van der Waals surface area contributed by atoms with Crippen molar-refractivity contribution in [2.45, 2.75) is 52.7 Å². The van der Waals surface area contributed by atoms with Crippen LogP contribution in [0.5, 0.6) is 0 Å². The number of aromatic nitrogens is 1. The molecule has 5 rings (SSSR count). The number of nitrogens with two attached hydrogens (primary N) is 1.